The Morgan fingerprint density at radius 2 is 2.11 bits per heavy atom. The molecule has 2 fully saturated rings. The van der Waals surface area contributed by atoms with Crippen LogP contribution in [0.3, 0.4) is 0 Å². The molecule has 0 spiro atoms. The molecule has 37 heavy (non-hydrogen) atoms. The Balaban J connectivity index is 0.00000267. The zero-order chi connectivity index (χ0) is 26.3. The van der Waals surface area contributed by atoms with Gasteiger partial charge in [0.15, 0.2) is 0 Å². The number of nitrogens with one attached hydrogen (secondary N) is 2. The van der Waals surface area contributed by atoms with Crippen molar-refractivity contribution >= 4 is 31.9 Å². The van der Waals surface area contributed by atoms with Crippen molar-refractivity contribution in [2.75, 3.05) is 24.5 Å². The third kappa shape index (κ3) is 6.74. The number of hydrogen-bond donors (Lipinski definition) is 2. The van der Waals surface area contributed by atoms with Gasteiger partial charge in [-0.3, -0.25) is 0 Å². The average molecular weight is 699 g/mol. The monoisotopic (exact) mass is 699 g/mol. The van der Waals surface area contributed by atoms with Crippen molar-refractivity contribution in [2.24, 2.45) is 0 Å². The minimum Gasteiger partial charge on any atom is 0 e. The largest absolute Gasteiger partial charge is 0 e. The first kappa shape index (κ1) is 27.2. The average Bonchev–Trinajstić information content (AvgIpc) is 3.76. The number of carbonyl (C=O) groups excluding carboxylic acids is 1. The smallest absolute Gasteiger partial charge is 0 e. The maximum atomic E-state index is 13.4. The van der Waals surface area contributed by atoms with Gasteiger partial charge in [-0.2, -0.15) is 0 Å². The van der Waals surface area contributed by atoms with Gasteiger partial charge in [0.1, 0.15) is 0 Å². The molecular weight excluding hydrogens is 668 g/mol. The van der Waals surface area contributed by atoms with Crippen LogP contribution in [0, 0.1) is 6.20 Å². The molecule has 2 aliphatic rings. The van der Waals surface area contributed by atoms with Gasteiger partial charge in [-0.15, -0.1) is 0 Å². The van der Waals surface area contributed by atoms with Crippen molar-refractivity contribution in [3.05, 3.63) is 54.4 Å². The van der Waals surface area contributed by atoms with Gasteiger partial charge in [-0.25, -0.2) is 8.42 Å². The molecular formula is C24H31N6O5SW-. The van der Waals surface area contributed by atoms with E-state index >= 15 is 0 Å². The Morgan fingerprint density at radius 1 is 1.32 bits per heavy atom. The summed E-state index contributed by atoms with van der Waals surface area (Å²) in [6.45, 7) is 3.11. The van der Waals surface area contributed by atoms with Crippen LogP contribution in [-0.2, 0) is 44.3 Å². The second-order valence-corrected chi connectivity index (χ2v) is 11.3. The third-order valence-corrected chi connectivity index (χ3v) is 8.71. The summed E-state index contributed by atoms with van der Waals surface area (Å²) in [5, 5.41) is 2.33. The van der Waals surface area contributed by atoms with E-state index in [4.69, 9.17) is 9.47 Å². The topological polar surface area (TPSA) is 145 Å². The molecule has 1 aliphatic carbocycles. The number of nitrogens with zero attached hydrogens (tertiary/aromatic N) is 4. The van der Waals surface area contributed by atoms with Crippen LogP contribution in [0.2, 0.25) is 0 Å². The van der Waals surface area contributed by atoms with Crippen LogP contribution < -0.4 is 14.8 Å². The molecule has 4 rings (SSSR count). The summed E-state index contributed by atoms with van der Waals surface area (Å²) in [5.41, 5.74) is 0.888. The van der Waals surface area contributed by atoms with Crippen LogP contribution >= 0.6 is 0 Å². The van der Waals surface area contributed by atoms with Crippen molar-refractivity contribution in [3.8, 4) is 5.88 Å². The molecule has 13 heteroatoms. The predicted octanol–water partition coefficient (Wildman–Crippen LogP) is 1.98. The van der Waals surface area contributed by atoms with Gasteiger partial charge in [0.25, 0.3) is 0 Å². The Labute approximate surface area is 229 Å². The van der Waals surface area contributed by atoms with Gasteiger partial charge in [0.2, 0.25) is 10.0 Å². The summed E-state index contributed by atoms with van der Waals surface area (Å²) in [4.78, 5) is 30.5. The van der Waals surface area contributed by atoms with Crippen molar-refractivity contribution in [3.63, 3.8) is 0 Å². The van der Waals surface area contributed by atoms with E-state index in [9.17, 15) is 13.2 Å². The first-order valence-electron chi connectivity index (χ1n) is 11.8. The Bertz CT molecular complexity index is 1320. The van der Waals surface area contributed by atoms with E-state index in [-0.39, 0.29) is 14.7 Å². The molecule has 2 N–H and O–H groups in total. The molecule has 0 aromatic carbocycles. The summed E-state index contributed by atoms with van der Waals surface area (Å²) in [6.07, 6.45) is 12.9. The molecule has 1 saturated heterocycles. The number of hydrogen-bond acceptors (Lipinski definition) is 9. The molecule has 200 valence electrons. The van der Waals surface area contributed by atoms with E-state index < -0.39 is 20.7 Å². The molecule has 0 unspecified atom stereocenters. The van der Waals surface area contributed by atoms with E-state index in [0.717, 1.165) is 5.57 Å². The van der Waals surface area contributed by atoms with Crippen LogP contribution in [0.4, 0.5) is 5.95 Å². The number of sulfonamides is 1. The minimum absolute atomic E-state index is 0. The van der Waals surface area contributed by atoms with Crippen molar-refractivity contribution in [1.82, 2.24) is 25.3 Å². The van der Waals surface area contributed by atoms with E-state index in [1.165, 1.54) is 25.6 Å². The molecule has 11 nitrogen and oxygen atoms in total. The van der Waals surface area contributed by atoms with Crippen molar-refractivity contribution in [1.29, 1.82) is 0 Å². The molecule has 1 amide bonds. The van der Waals surface area contributed by atoms with Crippen LogP contribution in [0.15, 0.2) is 36.8 Å². The Morgan fingerprint density at radius 3 is 2.81 bits per heavy atom. The molecule has 1 saturated carbocycles. The SMILES string of the molecule is CCOc1cncc(/C([CH]=[W])=C/C=[C-]NC(=O)C2(c3ccnc(NS(=O)(=O)C4CC4)n3)CCOCC2)n1.[HH].[HH]. The summed E-state index contributed by atoms with van der Waals surface area (Å²) >= 11 is 1.22. The second-order valence-electron chi connectivity index (χ2n) is 8.49. The quantitative estimate of drug-likeness (QED) is 0.204. The number of ether oxygens (including phenoxy) is 2. The maximum Gasteiger partial charge on any atom is 0 e. The number of anilines is 1. The molecule has 2 aromatic heterocycles. The van der Waals surface area contributed by atoms with E-state index in [2.05, 4.69) is 36.2 Å². The fourth-order valence-corrected chi connectivity index (χ4v) is 5.82. The summed E-state index contributed by atoms with van der Waals surface area (Å²) in [5.74, 6) is 0.0987. The summed E-state index contributed by atoms with van der Waals surface area (Å²) < 4.78 is 40.0. The fraction of sp³-hybridized carbons (Fsp3) is 0.417. The molecule has 2 aromatic rings. The zero-order valence-electron chi connectivity index (χ0n) is 20.2. The van der Waals surface area contributed by atoms with Gasteiger partial charge in [0, 0.05) is 2.85 Å². The Kier molecular flexibility index (Phi) is 8.94. The normalized spacial score (nSPS) is 17.8. The zero-order valence-corrected chi connectivity index (χ0v) is 24.0. The summed E-state index contributed by atoms with van der Waals surface area (Å²) in [7, 11) is -3.53. The van der Waals surface area contributed by atoms with Crippen LogP contribution in [0.25, 0.3) is 5.57 Å². The van der Waals surface area contributed by atoms with Crippen molar-refractivity contribution < 1.29 is 44.9 Å². The first-order chi connectivity index (χ1) is 17.9. The van der Waals surface area contributed by atoms with Gasteiger partial charge in [-0.1, -0.05) is 0 Å². The van der Waals surface area contributed by atoms with Gasteiger partial charge >= 0.3 is 191 Å². The summed E-state index contributed by atoms with van der Waals surface area (Å²) in [6, 6.07) is 1.64. The number of aromatic nitrogens is 4. The van der Waals surface area contributed by atoms with E-state index in [0.29, 0.717) is 62.8 Å². The van der Waals surface area contributed by atoms with Gasteiger partial charge < -0.3 is 0 Å². The Hall–Kier alpha value is -2.82. The molecule has 1 aliphatic heterocycles. The third-order valence-electron chi connectivity index (χ3n) is 5.98. The van der Waals surface area contributed by atoms with E-state index in [1.54, 1.807) is 30.6 Å². The van der Waals surface area contributed by atoms with Crippen LogP contribution in [0.1, 0.15) is 46.8 Å². The molecule has 0 bridgehead atoms. The number of allylic oxidation sites excluding steroid dienone is 3. The molecule has 3 heterocycles. The van der Waals surface area contributed by atoms with Crippen LogP contribution in [0.5, 0.6) is 5.88 Å². The second kappa shape index (κ2) is 12.1. The number of amides is 1. The van der Waals surface area contributed by atoms with E-state index in [1.807, 2.05) is 11.3 Å². The maximum absolute atomic E-state index is 13.4. The van der Waals surface area contributed by atoms with Gasteiger partial charge in [0.05, 0.1) is 5.25 Å². The van der Waals surface area contributed by atoms with Crippen molar-refractivity contribution in [2.45, 2.75) is 43.3 Å². The molecule has 0 atom stereocenters. The first-order valence-corrected chi connectivity index (χ1v) is 15.0. The van der Waals surface area contributed by atoms with Gasteiger partial charge in [-0.05, 0) is 12.8 Å². The molecule has 0 radical (unpaired) electrons. The standard InChI is InChI=1S/C24H27N6O5S.W.2H2/c1-3-35-21-16-25-15-19(28-21)17(2)5-4-11-26-22(31)24(9-13-34-14-10-24)20-8-12-27-23(29-20)30-36(32,33)18-6-7-18;;;/h2,4-5,8,12,15-16,18H,3,6-7,9-10,13-14H2,1H3,(H,26,31)(H,27,29,30);;2*1H/q-1;;;/b17-5+;;;. The predicted molar refractivity (Wildman–Crippen MR) is 137 cm³/mol. The number of carbonyl (C=O) groups is 1. The number of rotatable bonds is 11. The van der Waals surface area contributed by atoms with Crippen LogP contribution in [-0.4, -0.2) is 63.7 Å². The fourth-order valence-electron chi connectivity index (χ4n) is 3.83. The minimum atomic E-state index is -3.53.